The molecule has 1 aliphatic carbocycles. The highest BCUT2D eigenvalue weighted by Crippen LogP contribution is 2.43. The molecule has 6 nitrogen and oxygen atoms in total. The molecule has 2 aliphatic heterocycles. The Morgan fingerprint density at radius 3 is 2.52 bits per heavy atom. The summed E-state index contributed by atoms with van der Waals surface area (Å²) < 4.78 is 11.8. The molecule has 136 valence electrons. The van der Waals surface area contributed by atoms with Crippen LogP contribution in [0, 0.1) is 5.41 Å². The van der Waals surface area contributed by atoms with Crippen LogP contribution in [0.2, 0.25) is 0 Å². The van der Waals surface area contributed by atoms with E-state index in [4.69, 9.17) is 14.6 Å². The average molecular weight is 347 g/mol. The van der Waals surface area contributed by atoms with Gasteiger partial charge in [0.25, 0.3) is 0 Å². The molecule has 2 bridgehead atoms. The van der Waals surface area contributed by atoms with Crippen LogP contribution in [0.15, 0.2) is 24.3 Å². The van der Waals surface area contributed by atoms with E-state index in [2.05, 4.69) is 5.32 Å². The SMILES string of the molecule is CC(=O)NC(COCC12CCC(CC1)OC2)c1ccc(C(=O)O)cc1. The van der Waals surface area contributed by atoms with Gasteiger partial charge in [0.15, 0.2) is 0 Å². The minimum Gasteiger partial charge on any atom is -0.478 e. The lowest BCUT2D eigenvalue weighted by Gasteiger charge is -2.46. The van der Waals surface area contributed by atoms with Crippen LogP contribution >= 0.6 is 0 Å². The Hall–Kier alpha value is -1.92. The Morgan fingerprint density at radius 2 is 2.00 bits per heavy atom. The van der Waals surface area contributed by atoms with E-state index in [1.165, 1.54) is 6.92 Å². The maximum Gasteiger partial charge on any atom is 0.335 e. The summed E-state index contributed by atoms with van der Waals surface area (Å²) in [5.74, 6) is -1.11. The summed E-state index contributed by atoms with van der Waals surface area (Å²) in [5.41, 5.74) is 1.17. The van der Waals surface area contributed by atoms with Gasteiger partial charge in [0, 0.05) is 12.3 Å². The number of benzene rings is 1. The molecule has 1 aromatic carbocycles. The molecule has 1 amide bonds. The van der Waals surface area contributed by atoms with Gasteiger partial charge in [-0.2, -0.15) is 0 Å². The van der Waals surface area contributed by atoms with Gasteiger partial charge in [-0.15, -0.1) is 0 Å². The maximum absolute atomic E-state index is 11.5. The molecule has 3 fully saturated rings. The smallest absolute Gasteiger partial charge is 0.335 e. The quantitative estimate of drug-likeness (QED) is 0.792. The van der Waals surface area contributed by atoms with Crippen molar-refractivity contribution in [2.45, 2.75) is 44.8 Å². The minimum absolute atomic E-state index is 0.114. The molecule has 2 saturated heterocycles. The van der Waals surface area contributed by atoms with Crippen molar-refractivity contribution in [2.75, 3.05) is 19.8 Å². The monoisotopic (exact) mass is 347 g/mol. The maximum atomic E-state index is 11.5. The van der Waals surface area contributed by atoms with Crippen molar-refractivity contribution in [1.29, 1.82) is 0 Å². The number of rotatable bonds is 7. The Morgan fingerprint density at radius 1 is 1.32 bits per heavy atom. The topological polar surface area (TPSA) is 84.9 Å². The van der Waals surface area contributed by atoms with Gasteiger partial charge < -0.3 is 19.9 Å². The van der Waals surface area contributed by atoms with Crippen molar-refractivity contribution in [3.05, 3.63) is 35.4 Å². The van der Waals surface area contributed by atoms with Crippen LogP contribution in [-0.2, 0) is 14.3 Å². The molecule has 2 N–H and O–H groups in total. The third kappa shape index (κ3) is 4.38. The zero-order valence-corrected chi connectivity index (χ0v) is 14.5. The molecule has 3 aliphatic rings. The van der Waals surface area contributed by atoms with Crippen LogP contribution in [0.25, 0.3) is 0 Å². The van der Waals surface area contributed by atoms with Crippen molar-refractivity contribution in [3.63, 3.8) is 0 Å². The average Bonchev–Trinajstić information content (AvgIpc) is 2.62. The van der Waals surface area contributed by atoms with E-state index in [9.17, 15) is 9.59 Å². The molecule has 0 spiro atoms. The summed E-state index contributed by atoms with van der Waals surface area (Å²) in [6, 6.07) is 6.24. The van der Waals surface area contributed by atoms with Gasteiger partial charge >= 0.3 is 5.97 Å². The van der Waals surface area contributed by atoms with Crippen molar-refractivity contribution in [1.82, 2.24) is 5.32 Å². The van der Waals surface area contributed by atoms with E-state index >= 15 is 0 Å². The third-order valence-corrected chi connectivity index (χ3v) is 5.25. The Kier molecular flexibility index (Phi) is 5.39. The van der Waals surface area contributed by atoms with Gasteiger partial charge in [0.05, 0.1) is 37.5 Å². The number of carboxylic acids is 1. The molecule has 1 unspecified atom stereocenters. The fourth-order valence-corrected chi connectivity index (χ4v) is 3.71. The zero-order chi connectivity index (χ0) is 17.9. The highest BCUT2D eigenvalue weighted by atomic mass is 16.5. The second kappa shape index (κ2) is 7.54. The van der Waals surface area contributed by atoms with Crippen molar-refractivity contribution >= 4 is 11.9 Å². The molecule has 0 aromatic heterocycles. The highest BCUT2D eigenvalue weighted by molar-refractivity contribution is 5.87. The van der Waals surface area contributed by atoms with Gasteiger partial charge in [-0.1, -0.05) is 12.1 Å². The zero-order valence-electron chi connectivity index (χ0n) is 14.5. The van der Waals surface area contributed by atoms with Gasteiger partial charge in [0.2, 0.25) is 5.91 Å². The number of nitrogens with one attached hydrogen (secondary N) is 1. The lowest BCUT2D eigenvalue weighted by molar-refractivity contribution is -0.143. The molecule has 2 heterocycles. The number of fused-ring (bicyclic) bond motifs is 3. The van der Waals surface area contributed by atoms with E-state index in [0.717, 1.165) is 37.9 Å². The van der Waals surface area contributed by atoms with Gasteiger partial charge in [-0.25, -0.2) is 4.79 Å². The number of amides is 1. The van der Waals surface area contributed by atoms with E-state index < -0.39 is 5.97 Å². The van der Waals surface area contributed by atoms with Crippen LogP contribution < -0.4 is 5.32 Å². The first kappa shape index (κ1) is 17.9. The number of aromatic carboxylic acids is 1. The van der Waals surface area contributed by atoms with Crippen LogP contribution in [-0.4, -0.2) is 42.9 Å². The molecule has 4 rings (SSSR count). The lowest BCUT2D eigenvalue weighted by Crippen LogP contribution is -2.45. The van der Waals surface area contributed by atoms with E-state index in [0.29, 0.717) is 19.3 Å². The second-order valence-electron chi connectivity index (χ2n) is 7.21. The molecular weight excluding hydrogens is 322 g/mol. The molecular formula is C19H25NO5. The summed E-state index contributed by atoms with van der Waals surface area (Å²) >= 11 is 0. The first-order valence-electron chi connectivity index (χ1n) is 8.77. The normalized spacial score (nSPS) is 26.2. The predicted octanol–water partition coefficient (Wildman–Crippen LogP) is 2.54. The number of hydrogen-bond acceptors (Lipinski definition) is 4. The predicted molar refractivity (Wildman–Crippen MR) is 91.4 cm³/mol. The number of carbonyl (C=O) groups excluding carboxylic acids is 1. The van der Waals surface area contributed by atoms with Crippen molar-refractivity contribution in [3.8, 4) is 0 Å². The van der Waals surface area contributed by atoms with E-state index in [1.54, 1.807) is 24.3 Å². The number of carbonyl (C=O) groups is 2. The van der Waals surface area contributed by atoms with Gasteiger partial charge in [-0.3, -0.25) is 4.79 Å². The molecule has 1 atom stereocenters. The van der Waals surface area contributed by atoms with E-state index in [1.807, 2.05) is 0 Å². The van der Waals surface area contributed by atoms with Gasteiger partial charge in [-0.05, 0) is 43.4 Å². The van der Waals surface area contributed by atoms with Crippen LogP contribution in [0.3, 0.4) is 0 Å². The highest BCUT2D eigenvalue weighted by Gasteiger charge is 2.41. The molecule has 6 heteroatoms. The number of hydrogen-bond donors (Lipinski definition) is 2. The third-order valence-electron chi connectivity index (χ3n) is 5.25. The fraction of sp³-hybridized carbons (Fsp3) is 0.579. The number of carboxylic acid groups (broad SMARTS) is 1. The second-order valence-corrected chi connectivity index (χ2v) is 7.21. The van der Waals surface area contributed by atoms with Crippen molar-refractivity contribution in [2.24, 2.45) is 5.41 Å². The molecule has 1 saturated carbocycles. The lowest BCUT2D eigenvalue weighted by atomic mass is 9.72. The summed E-state index contributed by atoms with van der Waals surface area (Å²) in [6.07, 6.45) is 4.91. The molecule has 25 heavy (non-hydrogen) atoms. The summed E-state index contributed by atoms with van der Waals surface area (Å²) in [5, 5.41) is 11.9. The van der Waals surface area contributed by atoms with Crippen LogP contribution in [0.5, 0.6) is 0 Å². The van der Waals surface area contributed by atoms with Crippen molar-refractivity contribution < 1.29 is 24.2 Å². The Balaban J connectivity index is 1.60. The summed E-state index contributed by atoms with van der Waals surface area (Å²) in [4.78, 5) is 22.5. The summed E-state index contributed by atoms with van der Waals surface area (Å²) in [6.45, 7) is 3.21. The first-order valence-corrected chi connectivity index (χ1v) is 8.77. The number of ether oxygens (including phenoxy) is 2. The molecule has 1 aromatic rings. The molecule has 0 radical (unpaired) electrons. The fourth-order valence-electron chi connectivity index (χ4n) is 3.71. The first-order chi connectivity index (χ1) is 12.0. The Bertz CT molecular complexity index is 605. The Labute approximate surface area is 147 Å². The minimum atomic E-state index is -0.967. The van der Waals surface area contributed by atoms with Crippen LogP contribution in [0.1, 0.15) is 54.6 Å². The largest absolute Gasteiger partial charge is 0.478 e. The van der Waals surface area contributed by atoms with Crippen LogP contribution in [0.4, 0.5) is 0 Å². The van der Waals surface area contributed by atoms with Gasteiger partial charge in [0.1, 0.15) is 0 Å². The summed E-state index contributed by atoms with van der Waals surface area (Å²) in [7, 11) is 0. The van der Waals surface area contributed by atoms with E-state index in [-0.39, 0.29) is 22.9 Å². The standard InChI is InChI=1S/C19H25NO5/c1-13(21)20-17(14-2-4-15(5-3-14)18(22)23)10-24-11-19-8-6-16(7-9-19)25-12-19/h2-5,16-17H,6-12H2,1H3,(H,20,21)(H,22,23).